The topological polar surface area (TPSA) is 93.8 Å². The van der Waals surface area contributed by atoms with Crippen LogP contribution in [0.1, 0.15) is 15.4 Å². The van der Waals surface area contributed by atoms with Crippen molar-refractivity contribution in [2.45, 2.75) is 11.8 Å². The fourth-order valence-electron chi connectivity index (χ4n) is 1.72. The Morgan fingerprint density at radius 3 is 2.64 bits per heavy atom. The van der Waals surface area contributed by atoms with E-state index in [-0.39, 0.29) is 11.9 Å². The molecule has 9 heteroatoms. The van der Waals surface area contributed by atoms with Crippen molar-refractivity contribution in [3.63, 3.8) is 0 Å². The van der Waals surface area contributed by atoms with Gasteiger partial charge in [0, 0.05) is 10.5 Å². The maximum Gasteiger partial charge on any atom is 0.322 e. The van der Waals surface area contributed by atoms with Crippen LogP contribution in [-0.4, -0.2) is 31.9 Å². The minimum atomic E-state index is -0.361. The lowest BCUT2D eigenvalue weighted by Gasteiger charge is -1.98. The highest BCUT2D eigenvalue weighted by Crippen LogP contribution is 2.23. The normalized spacial score (nSPS) is 10.6. The number of nitrogens with one attached hydrogen (secondary N) is 1. The van der Waals surface area contributed by atoms with Gasteiger partial charge in [0.05, 0.1) is 5.69 Å². The van der Waals surface area contributed by atoms with Gasteiger partial charge in [-0.25, -0.2) is 0 Å². The molecule has 3 rings (SSSR count). The van der Waals surface area contributed by atoms with E-state index >= 15 is 0 Å². The maximum atomic E-state index is 12.0. The molecule has 0 unspecified atom stereocenters. The van der Waals surface area contributed by atoms with E-state index in [1.807, 2.05) is 30.5 Å². The van der Waals surface area contributed by atoms with Gasteiger partial charge in [-0.05, 0) is 49.0 Å². The van der Waals surface area contributed by atoms with Gasteiger partial charge in [0.2, 0.25) is 5.89 Å². The third kappa shape index (κ3) is 3.00. The zero-order chi connectivity index (χ0) is 15.5. The summed E-state index contributed by atoms with van der Waals surface area (Å²) in [7, 11) is 0. The number of amides is 1. The summed E-state index contributed by atoms with van der Waals surface area (Å²) in [5, 5.41) is 14.1. The van der Waals surface area contributed by atoms with Gasteiger partial charge in [0.15, 0.2) is 0 Å². The Balaban J connectivity index is 1.76. The molecule has 1 aromatic carbocycles. The van der Waals surface area contributed by atoms with Crippen LogP contribution in [0.3, 0.4) is 0 Å². The third-order valence-electron chi connectivity index (χ3n) is 2.84. The summed E-state index contributed by atoms with van der Waals surface area (Å²) in [6.45, 7) is 1.71. The number of benzene rings is 1. The Kier molecular flexibility index (Phi) is 4.16. The van der Waals surface area contributed by atoms with E-state index < -0.39 is 0 Å². The Morgan fingerprint density at radius 1 is 1.23 bits per heavy atom. The summed E-state index contributed by atoms with van der Waals surface area (Å²) in [5.74, 6) is -0.0115. The molecule has 0 fully saturated rings. The van der Waals surface area contributed by atoms with Crippen molar-refractivity contribution in [3.8, 4) is 11.5 Å². The fourth-order valence-corrected chi connectivity index (χ4v) is 2.68. The molecule has 0 aliphatic carbocycles. The molecule has 112 valence electrons. The zero-order valence-corrected chi connectivity index (χ0v) is 13.4. The quantitative estimate of drug-likeness (QED) is 0.734. The molecule has 1 N–H and O–H groups in total. The van der Waals surface area contributed by atoms with Crippen molar-refractivity contribution >= 4 is 35.2 Å². The van der Waals surface area contributed by atoms with Gasteiger partial charge >= 0.3 is 6.01 Å². The highest BCUT2D eigenvalue weighted by Gasteiger charge is 2.16. The number of thioether (sulfide) groups is 1. The van der Waals surface area contributed by atoms with Gasteiger partial charge in [-0.2, -0.15) is 0 Å². The number of rotatable bonds is 4. The SMILES string of the molecule is CSc1ccc(-c2nnc(NC(=O)c3snnc3C)o2)cc1. The van der Waals surface area contributed by atoms with Crippen LogP contribution >= 0.6 is 23.3 Å². The number of aromatic nitrogens is 4. The average molecular weight is 333 g/mol. The summed E-state index contributed by atoms with van der Waals surface area (Å²) in [4.78, 5) is 13.6. The van der Waals surface area contributed by atoms with Gasteiger partial charge in [-0.15, -0.1) is 22.0 Å². The molecule has 0 radical (unpaired) electrons. The number of hydrogen-bond acceptors (Lipinski definition) is 8. The molecule has 0 saturated heterocycles. The Morgan fingerprint density at radius 2 is 2.00 bits per heavy atom. The monoisotopic (exact) mass is 333 g/mol. The number of carbonyl (C=O) groups excluding carboxylic acids is 1. The van der Waals surface area contributed by atoms with Crippen LogP contribution in [0.2, 0.25) is 0 Å². The Bertz CT molecular complexity index is 797. The number of anilines is 1. The maximum absolute atomic E-state index is 12.0. The van der Waals surface area contributed by atoms with Crippen molar-refractivity contribution in [2.24, 2.45) is 0 Å². The molecule has 0 saturated carbocycles. The fraction of sp³-hybridized carbons (Fsp3) is 0.154. The van der Waals surface area contributed by atoms with Crippen LogP contribution < -0.4 is 5.32 Å². The van der Waals surface area contributed by atoms with Gasteiger partial charge in [0.1, 0.15) is 4.88 Å². The minimum absolute atomic E-state index is 0.0433. The highest BCUT2D eigenvalue weighted by atomic mass is 32.2. The first kappa shape index (κ1) is 14.7. The van der Waals surface area contributed by atoms with Crippen LogP contribution in [0.4, 0.5) is 6.01 Å². The summed E-state index contributed by atoms with van der Waals surface area (Å²) in [5.41, 5.74) is 1.36. The van der Waals surface area contributed by atoms with Gasteiger partial charge in [-0.3, -0.25) is 10.1 Å². The van der Waals surface area contributed by atoms with E-state index in [4.69, 9.17) is 4.42 Å². The molecule has 2 aromatic heterocycles. The third-order valence-corrected chi connectivity index (χ3v) is 4.41. The summed E-state index contributed by atoms with van der Waals surface area (Å²) in [6.07, 6.45) is 2.01. The van der Waals surface area contributed by atoms with Crippen molar-refractivity contribution in [1.29, 1.82) is 0 Å². The van der Waals surface area contributed by atoms with Crippen LogP contribution in [0.15, 0.2) is 33.6 Å². The molecule has 7 nitrogen and oxygen atoms in total. The molecule has 0 spiro atoms. The molecule has 0 atom stereocenters. The molecular formula is C13H11N5O2S2. The molecule has 0 bridgehead atoms. The van der Waals surface area contributed by atoms with E-state index in [1.54, 1.807) is 18.7 Å². The average Bonchev–Trinajstić information content (AvgIpc) is 3.16. The van der Waals surface area contributed by atoms with E-state index in [9.17, 15) is 4.79 Å². The molecule has 0 aliphatic rings. The first-order valence-corrected chi connectivity index (χ1v) is 8.25. The zero-order valence-electron chi connectivity index (χ0n) is 11.7. The first-order chi connectivity index (χ1) is 10.7. The lowest BCUT2D eigenvalue weighted by molar-refractivity contribution is 0.102. The molecule has 1 amide bonds. The van der Waals surface area contributed by atoms with Crippen LogP contribution in [0, 0.1) is 6.92 Å². The Labute approximate surface area is 134 Å². The summed E-state index contributed by atoms with van der Waals surface area (Å²) in [6, 6.07) is 7.76. The minimum Gasteiger partial charge on any atom is -0.403 e. The van der Waals surface area contributed by atoms with Crippen molar-refractivity contribution in [3.05, 3.63) is 34.8 Å². The molecule has 3 aromatic rings. The predicted octanol–water partition coefficient (Wildman–Crippen LogP) is 2.87. The second kappa shape index (κ2) is 6.24. The van der Waals surface area contributed by atoms with Crippen molar-refractivity contribution in [1.82, 2.24) is 19.8 Å². The van der Waals surface area contributed by atoms with Crippen LogP contribution in [0.25, 0.3) is 11.5 Å². The van der Waals surface area contributed by atoms with E-state index in [1.165, 1.54) is 0 Å². The number of aryl methyl sites for hydroxylation is 1. The molecule has 0 aliphatic heterocycles. The lowest BCUT2D eigenvalue weighted by Crippen LogP contribution is -2.11. The lowest BCUT2D eigenvalue weighted by atomic mass is 10.2. The number of hydrogen-bond donors (Lipinski definition) is 1. The number of carbonyl (C=O) groups is 1. The highest BCUT2D eigenvalue weighted by molar-refractivity contribution is 7.98. The summed E-state index contributed by atoms with van der Waals surface area (Å²) < 4.78 is 9.17. The van der Waals surface area contributed by atoms with Gasteiger partial charge < -0.3 is 4.42 Å². The van der Waals surface area contributed by atoms with Crippen LogP contribution in [-0.2, 0) is 0 Å². The second-order valence-electron chi connectivity index (χ2n) is 4.28. The standard InChI is InChI=1S/C13H11N5O2S2/c1-7-10(22-18-15-7)11(19)14-13-17-16-12(20-13)8-3-5-9(21-2)6-4-8/h3-6H,1-2H3,(H,14,17,19). The van der Waals surface area contributed by atoms with Gasteiger partial charge in [0.25, 0.3) is 5.91 Å². The first-order valence-electron chi connectivity index (χ1n) is 6.25. The Hall–Kier alpha value is -2.26. The van der Waals surface area contributed by atoms with E-state index in [2.05, 4.69) is 25.1 Å². The summed E-state index contributed by atoms with van der Waals surface area (Å²) >= 11 is 2.67. The number of nitrogens with zero attached hydrogens (tertiary/aromatic N) is 4. The largest absolute Gasteiger partial charge is 0.403 e. The van der Waals surface area contributed by atoms with E-state index in [0.29, 0.717) is 16.5 Å². The smallest absolute Gasteiger partial charge is 0.322 e. The predicted molar refractivity (Wildman–Crippen MR) is 84.1 cm³/mol. The van der Waals surface area contributed by atoms with Gasteiger partial charge in [-0.1, -0.05) is 9.59 Å². The van der Waals surface area contributed by atoms with Crippen molar-refractivity contribution < 1.29 is 9.21 Å². The second-order valence-corrected chi connectivity index (χ2v) is 5.92. The molecular weight excluding hydrogens is 322 g/mol. The van der Waals surface area contributed by atoms with Crippen molar-refractivity contribution in [2.75, 3.05) is 11.6 Å². The molecule has 2 heterocycles. The van der Waals surface area contributed by atoms with Crippen LogP contribution in [0.5, 0.6) is 0 Å². The molecule has 22 heavy (non-hydrogen) atoms. The van der Waals surface area contributed by atoms with E-state index in [0.717, 1.165) is 22.0 Å².